The normalized spacial score (nSPS) is 11.9. The zero-order chi connectivity index (χ0) is 17.6. The maximum absolute atomic E-state index is 13.3. The summed E-state index contributed by atoms with van der Waals surface area (Å²) < 4.78 is 40.7. The molecular weight excluding hydrogens is 345 g/mol. The third kappa shape index (κ3) is 2.71. The fourth-order valence-corrected chi connectivity index (χ4v) is 2.71. The molecule has 0 saturated heterocycles. The van der Waals surface area contributed by atoms with Crippen LogP contribution in [0.25, 0.3) is 22.3 Å². The number of aryl methyl sites for hydroxylation is 1. The molecule has 0 unspecified atom stereocenters. The Morgan fingerprint density at radius 1 is 1.21 bits per heavy atom. The van der Waals surface area contributed by atoms with Gasteiger partial charge in [0.1, 0.15) is 5.15 Å². The van der Waals surface area contributed by atoms with Crippen molar-refractivity contribution >= 4 is 28.7 Å². The molecule has 0 aliphatic carbocycles. The van der Waals surface area contributed by atoms with E-state index >= 15 is 0 Å². The van der Waals surface area contributed by atoms with E-state index in [1.807, 2.05) is 0 Å². The van der Waals surface area contributed by atoms with Gasteiger partial charge in [0.05, 0.1) is 11.3 Å². The summed E-state index contributed by atoms with van der Waals surface area (Å²) in [5, 5.41) is 9.90. The van der Waals surface area contributed by atoms with E-state index in [4.69, 9.17) is 11.6 Å². The molecule has 0 fully saturated rings. The molecule has 3 rings (SSSR count). The molecule has 124 valence electrons. The summed E-state index contributed by atoms with van der Waals surface area (Å²) >= 11 is 5.78. The number of alkyl halides is 3. The van der Waals surface area contributed by atoms with Gasteiger partial charge < -0.3 is 5.11 Å². The molecule has 0 bridgehead atoms. The lowest BCUT2D eigenvalue weighted by molar-refractivity contribution is -0.137. The van der Waals surface area contributed by atoms with E-state index in [1.165, 1.54) is 30.3 Å². The molecule has 0 amide bonds. The van der Waals surface area contributed by atoms with Gasteiger partial charge in [0.25, 0.3) is 0 Å². The van der Waals surface area contributed by atoms with E-state index in [-0.39, 0.29) is 22.1 Å². The van der Waals surface area contributed by atoms with Gasteiger partial charge in [-0.25, -0.2) is 14.3 Å². The number of benzene rings is 1. The summed E-state index contributed by atoms with van der Waals surface area (Å²) in [4.78, 5) is 15.5. The minimum Gasteiger partial charge on any atom is -0.464 e. The van der Waals surface area contributed by atoms with Crippen molar-refractivity contribution in [3.8, 4) is 11.3 Å². The van der Waals surface area contributed by atoms with Crippen molar-refractivity contribution in [2.75, 3.05) is 0 Å². The predicted octanol–water partition coefficient (Wildman–Crippen LogP) is 5.21. The molecule has 0 saturated carbocycles. The summed E-state index contributed by atoms with van der Waals surface area (Å²) in [7, 11) is 0. The number of carbonyl (C=O) groups is 1. The van der Waals surface area contributed by atoms with Crippen molar-refractivity contribution in [1.82, 2.24) is 9.55 Å². The van der Waals surface area contributed by atoms with Crippen LogP contribution in [0, 0.1) is 6.92 Å². The first-order valence-corrected chi connectivity index (χ1v) is 7.16. The summed E-state index contributed by atoms with van der Waals surface area (Å²) in [6, 6.07) is 7.89. The number of pyridine rings is 1. The first-order chi connectivity index (χ1) is 11.2. The van der Waals surface area contributed by atoms with Crippen LogP contribution in [0.15, 0.2) is 36.4 Å². The number of fused-ring (bicyclic) bond motifs is 1. The van der Waals surface area contributed by atoms with Gasteiger partial charge in [0.2, 0.25) is 0 Å². The molecule has 3 aromatic rings. The van der Waals surface area contributed by atoms with Crippen molar-refractivity contribution in [2.24, 2.45) is 0 Å². The third-order valence-corrected chi connectivity index (χ3v) is 3.77. The largest absolute Gasteiger partial charge is 0.464 e. The lowest BCUT2D eigenvalue weighted by Crippen LogP contribution is -2.13. The summed E-state index contributed by atoms with van der Waals surface area (Å²) in [6.45, 7) is 1.63. The number of carboxylic acid groups (broad SMARTS) is 1. The molecule has 0 aliphatic rings. The number of hydrogen-bond acceptors (Lipinski definition) is 2. The van der Waals surface area contributed by atoms with Crippen LogP contribution < -0.4 is 0 Å². The Hall–Kier alpha value is -2.54. The highest BCUT2D eigenvalue weighted by molar-refractivity contribution is 6.29. The molecule has 2 heterocycles. The van der Waals surface area contributed by atoms with Gasteiger partial charge in [0, 0.05) is 10.9 Å². The van der Waals surface area contributed by atoms with Crippen molar-refractivity contribution in [1.29, 1.82) is 0 Å². The number of rotatable bonds is 1. The number of halogens is 4. The van der Waals surface area contributed by atoms with Crippen molar-refractivity contribution in [2.45, 2.75) is 13.1 Å². The van der Waals surface area contributed by atoms with Crippen LogP contribution >= 0.6 is 11.6 Å². The van der Waals surface area contributed by atoms with Crippen LogP contribution in [0.5, 0.6) is 0 Å². The summed E-state index contributed by atoms with van der Waals surface area (Å²) in [5.74, 6) is 0. The number of nitrogens with zero attached hydrogens (tertiary/aromatic N) is 2. The Labute approximate surface area is 139 Å². The minimum absolute atomic E-state index is 0.0142. The van der Waals surface area contributed by atoms with Gasteiger partial charge >= 0.3 is 12.3 Å². The summed E-state index contributed by atoms with van der Waals surface area (Å²) in [5.41, 5.74) is -0.683. The fourth-order valence-electron chi connectivity index (χ4n) is 2.56. The van der Waals surface area contributed by atoms with Crippen molar-refractivity contribution < 1.29 is 23.1 Å². The Morgan fingerprint density at radius 3 is 2.54 bits per heavy atom. The van der Waals surface area contributed by atoms with E-state index in [0.29, 0.717) is 15.5 Å². The molecule has 4 nitrogen and oxygen atoms in total. The third-order valence-electron chi connectivity index (χ3n) is 3.56. The van der Waals surface area contributed by atoms with Gasteiger partial charge in [-0.15, -0.1) is 0 Å². The van der Waals surface area contributed by atoms with Crippen molar-refractivity contribution in [3.05, 3.63) is 52.7 Å². The first kappa shape index (κ1) is 16.3. The maximum atomic E-state index is 13.3. The first-order valence-electron chi connectivity index (χ1n) is 6.78. The molecular formula is C16H10ClF3N2O2. The molecule has 24 heavy (non-hydrogen) atoms. The predicted molar refractivity (Wildman–Crippen MR) is 83.3 cm³/mol. The van der Waals surface area contributed by atoms with Gasteiger partial charge in [0.15, 0.2) is 5.65 Å². The highest BCUT2D eigenvalue weighted by Crippen LogP contribution is 2.39. The number of aromatic nitrogens is 2. The van der Waals surface area contributed by atoms with Gasteiger partial charge in [-0.1, -0.05) is 23.2 Å². The topological polar surface area (TPSA) is 55.1 Å². The van der Waals surface area contributed by atoms with E-state index in [0.717, 1.165) is 6.07 Å². The van der Waals surface area contributed by atoms with Crippen LogP contribution in [0.1, 0.15) is 11.1 Å². The average molecular weight is 355 g/mol. The molecule has 1 aromatic carbocycles. The highest BCUT2D eigenvalue weighted by Gasteiger charge is 2.35. The average Bonchev–Trinajstić information content (AvgIpc) is 2.84. The second-order valence-corrected chi connectivity index (χ2v) is 5.63. The van der Waals surface area contributed by atoms with Gasteiger partial charge in [-0.3, -0.25) is 0 Å². The summed E-state index contributed by atoms with van der Waals surface area (Å²) in [6.07, 6.45) is -6.06. The van der Waals surface area contributed by atoms with E-state index < -0.39 is 17.8 Å². The second kappa shape index (κ2) is 5.52. The molecule has 1 N–H and O–H groups in total. The Morgan fingerprint density at radius 2 is 1.92 bits per heavy atom. The molecule has 0 radical (unpaired) electrons. The minimum atomic E-state index is -4.62. The van der Waals surface area contributed by atoms with E-state index in [9.17, 15) is 23.1 Å². The maximum Gasteiger partial charge on any atom is 0.417 e. The van der Waals surface area contributed by atoms with Gasteiger partial charge in [-0.2, -0.15) is 13.2 Å². The van der Waals surface area contributed by atoms with E-state index in [1.54, 1.807) is 6.92 Å². The Kier molecular flexibility index (Phi) is 3.76. The quantitative estimate of drug-likeness (QED) is 0.610. The van der Waals surface area contributed by atoms with E-state index in [2.05, 4.69) is 4.98 Å². The van der Waals surface area contributed by atoms with Crippen LogP contribution in [0.4, 0.5) is 18.0 Å². The molecule has 0 aliphatic heterocycles. The standard InChI is InChI=1S/C16H10ClF3N2O2/c1-8-2-4-11(16(18,19)20)10(6-8)12-7-9-3-5-13(17)21-14(9)22(12)15(23)24/h2-7H,1H3,(H,23,24). The molecule has 0 spiro atoms. The second-order valence-electron chi connectivity index (χ2n) is 5.24. The Balaban J connectivity index is 2.41. The zero-order valence-corrected chi connectivity index (χ0v) is 13.0. The van der Waals surface area contributed by atoms with Crippen molar-refractivity contribution in [3.63, 3.8) is 0 Å². The highest BCUT2D eigenvalue weighted by atomic mass is 35.5. The molecule has 8 heteroatoms. The zero-order valence-electron chi connectivity index (χ0n) is 12.2. The van der Waals surface area contributed by atoms with Gasteiger partial charge in [-0.05, 0) is 37.3 Å². The van der Waals surface area contributed by atoms with Crippen LogP contribution in [0.3, 0.4) is 0 Å². The smallest absolute Gasteiger partial charge is 0.417 e. The molecule has 0 atom stereocenters. The van der Waals surface area contributed by atoms with Crippen LogP contribution in [-0.2, 0) is 6.18 Å². The van der Waals surface area contributed by atoms with Crippen LogP contribution in [-0.4, -0.2) is 20.8 Å². The molecule has 2 aromatic heterocycles. The Bertz CT molecular complexity index is 964. The lowest BCUT2D eigenvalue weighted by Gasteiger charge is -2.14. The monoisotopic (exact) mass is 354 g/mol. The fraction of sp³-hybridized carbons (Fsp3) is 0.125. The SMILES string of the molecule is Cc1ccc(C(F)(F)F)c(-c2cc3ccc(Cl)nc3n2C(=O)O)c1. The number of hydrogen-bond donors (Lipinski definition) is 1. The van der Waals surface area contributed by atoms with Crippen LogP contribution in [0.2, 0.25) is 5.15 Å². The lowest BCUT2D eigenvalue weighted by atomic mass is 10.0.